The molecule has 2 fully saturated rings. The van der Waals surface area contributed by atoms with E-state index in [1.807, 2.05) is 30.1 Å². The van der Waals surface area contributed by atoms with E-state index < -0.39 is 0 Å². The molecule has 3 heterocycles. The molecule has 2 aliphatic rings. The van der Waals surface area contributed by atoms with Crippen LogP contribution in [0.15, 0.2) is 18.5 Å². The Morgan fingerprint density at radius 1 is 1.19 bits per heavy atom. The van der Waals surface area contributed by atoms with E-state index in [1.54, 1.807) is 0 Å². The first-order valence-corrected chi connectivity index (χ1v) is 8.30. The van der Waals surface area contributed by atoms with Crippen molar-refractivity contribution in [1.29, 1.82) is 0 Å². The lowest BCUT2D eigenvalue weighted by molar-refractivity contribution is -0.132. The number of amides is 1. The second-order valence-corrected chi connectivity index (χ2v) is 6.16. The molecule has 1 aromatic heterocycles. The van der Waals surface area contributed by atoms with Gasteiger partial charge in [-0.3, -0.25) is 14.4 Å². The Bertz CT molecular complexity index is 459. The van der Waals surface area contributed by atoms with Crippen LogP contribution in [0.1, 0.15) is 39.0 Å². The number of carbonyl (C=O) groups excluding carboxylic acids is 1. The third-order valence-corrected chi connectivity index (χ3v) is 4.96. The summed E-state index contributed by atoms with van der Waals surface area (Å²) in [7, 11) is 0. The fourth-order valence-corrected chi connectivity index (χ4v) is 3.93. The highest BCUT2D eigenvalue weighted by Crippen LogP contribution is 2.30. The topological polar surface area (TPSA) is 41.4 Å². The lowest BCUT2D eigenvalue weighted by Gasteiger charge is -2.35. The van der Waals surface area contributed by atoms with E-state index in [1.165, 1.54) is 25.7 Å². The lowest BCUT2D eigenvalue weighted by atomic mass is 10.0. The molecule has 2 atom stereocenters. The van der Waals surface area contributed by atoms with Crippen LogP contribution in [0.4, 0.5) is 0 Å². The molecule has 0 spiro atoms. The minimum atomic E-state index is 0.330. The van der Waals surface area contributed by atoms with Crippen molar-refractivity contribution >= 4 is 5.91 Å². The molecule has 5 heteroatoms. The van der Waals surface area contributed by atoms with Gasteiger partial charge in [0.1, 0.15) is 0 Å². The van der Waals surface area contributed by atoms with Gasteiger partial charge in [-0.15, -0.1) is 0 Å². The Kier molecular flexibility index (Phi) is 4.58. The van der Waals surface area contributed by atoms with Gasteiger partial charge in [0.25, 0.3) is 0 Å². The van der Waals surface area contributed by atoms with Gasteiger partial charge in [-0.05, 0) is 38.3 Å². The summed E-state index contributed by atoms with van der Waals surface area (Å²) < 4.78 is 2.00. The first-order valence-electron chi connectivity index (χ1n) is 8.30. The molecule has 0 unspecified atom stereocenters. The van der Waals surface area contributed by atoms with E-state index in [2.05, 4.69) is 14.9 Å². The van der Waals surface area contributed by atoms with Crippen LogP contribution in [0.5, 0.6) is 0 Å². The normalized spacial score (nSPS) is 26.6. The fourth-order valence-electron chi connectivity index (χ4n) is 3.93. The maximum atomic E-state index is 12.1. The quantitative estimate of drug-likeness (QED) is 0.829. The molecular formula is C16H26N4O. The minimum absolute atomic E-state index is 0.330. The van der Waals surface area contributed by atoms with Crippen LogP contribution in [0.25, 0.3) is 0 Å². The number of hydrogen-bond acceptors (Lipinski definition) is 3. The summed E-state index contributed by atoms with van der Waals surface area (Å²) in [6, 6.07) is 2.97. The van der Waals surface area contributed by atoms with Gasteiger partial charge >= 0.3 is 0 Å². The Hall–Kier alpha value is -1.36. The van der Waals surface area contributed by atoms with E-state index in [0.717, 1.165) is 26.2 Å². The molecule has 5 nitrogen and oxygen atoms in total. The van der Waals surface area contributed by atoms with Crippen molar-refractivity contribution in [3.8, 4) is 0 Å². The second kappa shape index (κ2) is 6.60. The standard InChI is InChI=1S/C16H26N4O/c1-2-16(21)20-11-4-7-15(20)14-6-3-9-18(14)12-13-19-10-5-8-17-19/h5,8,10,14-15H,2-4,6-7,9,11-13H2,1H3/t14-,15-/m1/s1. The van der Waals surface area contributed by atoms with Crippen molar-refractivity contribution < 1.29 is 4.79 Å². The smallest absolute Gasteiger partial charge is 0.222 e. The third kappa shape index (κ3) is 3.12. The molecule has 0 aliphatic carbocycles. The predicted molar refractivity (Wildman–Crippen MR) is 81.8 cm³/mol. The van der Waals surface area contributed by atoms with E-state index in [-0.39, 0.29) is 0 Å². The largest absolute Gasteiger partial charge is 0.338 e. The molecule has 0 radical (unpaired) electrons. The van der Waals surface area contributed by atoms with Crippen LogP contribution in [-0.4, -0.2) is 57.2 Å². The van der Waals surface area contributed by atoms with Crippen LogP contribution in [0.2, 0.25) is 0 Å². The van der Waals surface area contributed by atoms with E-state index in [9.17, 15) is 4.79 Å². The summed E-state index contributed by atoms with van der Waals surface area (Å²) in [6.45, 7) is 6.08. The van der Waals surface area contributed by atoms with Crippen molar-refractivity contribution in [2.24, 2.45) is 0 Å². The van der Waals surface area contributed by atoms with Gasteiger partial charge in [-0.25, -0.2) is 0 Å². The number of nitrogens with zero attached hydrogens (tertiary/aromatic N) is 4. The molecule has 3 rings (SSSR count). The molecule has 0 N–H and O–H groups in total. The van der Waals surface area contributed by atoms with Crippen molar-refractivity contribution in [3.05, 3.63) is 18.5 Å². The second-order valence-electron chi connectivity index (χ2n) is 6.16. The van der Waals surface area contributed by atoms with Crippen molar-refractivity contribution in [2.45, 2.75) is 57.7 Å². The zero-order valence-corrected chi connectivity index (χ0v) is 12.9. The number of aromatic nitrogens is 2. The van der Waals surface area contributed by atoms with Gasteiger partial charge in [-0.1, -0.05) is 6.92 Å². The van der Waals surface area contributed by atoms with Crippen LogP contribution in [0.3, 0.4) is 0 Å². The van der Waals surface area contributed by atoms with Crippen molar-refractivity contribution in [3.63, 3.8) is 0 Å². The van der Waals surface area contributed by atoms with Crippen molar-refractivity contribution in [2.75, 3.05) is 19.6 Å². The Morgan fingerprint density at radius 3 is 2.76 bits per heavy atom. The van der Waals surface area contributed by atoms with Gasteiger partial charge < -0.3 is 4.90 Å². The summed E-state index contributed by atoms with van der Waals surface area (Å²) >= 11 is 0. The summed E-state index contributed by atoms with van der Waals surface area (Å²) in [6.07, 6.45) is 9.32. The van der Waals surface area contributed by atoms with Gasteiger partial charge in [0.15, 0.2) is 0 Å². The molecule has 2 saturated heterocycles. The third-order valence-electron chi connectivity index (χ3n) is 4.96. The SMILES string of the molecule is CCC(=O)N1CCC[C@@H]1[C@H]1CCCN1CCn1cccn1. The van der Waals surface area contributed by atoms with Gasteiger partial charge in [0.05, 0.1) is 6.54 Å². The predicted octanol–water partition coefficient (Wildman–Crippen LogP) is 1.75. The summed E-state index contributed by atoms with van der Waals surface area (Å²) in [5, 5.41) is 4.28. The first kappa shape index (κ1) is 14.6. The van der Waals surface area contributed by atoms with E-state index in [4.69, 9.17) is 0 Å². The highest BCUT2D eigenvalue weighted by Gasteiger charge is 2.38. The monoisotopic (exact) mass is 290 g/mol. The molecule has 0 saturated carbocycles. The van der Waals surface area contributed by atoms with Crippen LogP contribution in [-0.2, 0) is 11.3 Å². The molecule has 0 bridgehead atoms. The van der Waals surface area contributed by atoms with Crippen LogP contribution < -0.4 is 0 Å². The zero-order valence-electron chi connectivity index (χ0n) is 12.9. The molecule has 0 aromatic carbocycles. The molecule has 1 amide bonds. The number of carbonyl (C=O) groups is 1. The maximum absolute atomic E-state index is 12.1. The molecule has 21 heavy (non-hydrogen) atoms. The lowest BCUT2D eigenvalue weighted by Crippen LogP contribution is -2.48. The zero-order chi connectivity index (χ0) is 14.7. The number of hydrogen-bond donors (Lipinski definition) is 0. The van der Waals surface area contributed by atoms with E-state index >= 15 is 0 Å². The Morgan fingerprint density at radius 2 is 2.00 bits per heavy atom. The van der Waals surface area contributed by atoms with Gasteiger partial charge in [-0.2, -0.15) is 5.10 Å². The molecular weight excluding hydrogens is 264 g/mol. The van der Waals surface area contributed by atoms with E-state index in [0.29, 0.717) is 24.4 Å². The minimum Gasteiger partial charge on any atom is -0.338 e. The van der Waals surface area contributed by atoms with Crippen molar-refractivity contribution in [1.82, 2.24) is 19.6 Å². The fraction of sp³-hybridized carbons (Fsp3) is 0.750. The molecule has 2 aliphatic heterocycles. The highest BCUT2D eigenvalue weighted by atomic mass is 16.2. The van der Waals surface area contributed by atoms with Crippen LogP contribution >= 0.6 is 0 Å². The molecule has 116 valence electrons. The summed E-state index contributed by atoms with van der Waals surface area (Å²) in [5.74, 6) is 0.330. The first-order chi connectivity index (χ1) is 10.3. The maximum Gasteiger partial charge on any atom is 0.222 e. The Labute approximate surface area is 126 Å². The van der Waals surface area contributed by atoms with Gasteiger partial charge in [0, 0.05) is 44.0 Å². The van der Waals surface area contributed by atoms with Gasteiger partial charge in [0.2, 0.25) is 5.91 Å². The summed E-state index contributed by atoms with van der Waals surface area (Å²) in [5.41, 5.74) is 0. The molecule has 1 aromatic rings. The average Bonchev–Trinajstić information content (AvgIpc) is 3.22. The van der Waals surface area contributed by atoms with Crippen LogP contribution in [0, 0.1) is 0 Å². The Balaban J connectivity index is 1.61. The number of rotatable bonds is 5. The number of likely N-dealkylation sites (tertiary alicyclic amines) is 2. The highest BCUT2D eigenvalue weighted by molar-refractivity contribution is 5.76. The average molecular weight is 290 g/mol. The summed E-state index contributed by atoms with van der Waals surface area (Å²) in [4.78, 5) is 16.9.